The molecule has 0 aliphatic carbocycles. The van der Waals surface area contributed by atoms with Gasteiger partial charge in [0.25, 0.3) is 0 Å². The maximum Gasteiger partial charge on any atom is 0.240 e. The van der Waals surface area contributed by atoms with E-state index in [2.05, 4.69) is 97.6 Å². The first-order valence-corrected chi connectivity index (χ1v) is 10.5. The fourth-order valence-electron chi connectivity index (χ4n) is 5.12. The van der Waals surface area contributed by atoms with Crippen LogP contribution in [-0.2, 0) is 10.6 Å². The fourth-order valence-corrected chi connectivity index (χ4v) is 5.12. The van der Waals surface area contributed by atoms with Crippen molar-refractivity contribution in [2.75, 3.05) is 6.54 Å². The van der Waals surface area contributed by atoms with E-state index < -0.39 is 5.72 Å². The molecular formula is C27H26N2O. The largest absolute Gasteiger partial charge is 0.363 e. The summed E-state index contributed by atoms with van der Waals surface area (Å²) >= 11 is 0. The van der Waals surface area contributed by atoms with Gasteiger partial charge in [0.05, 0.1) is 0 Å². The maximum atomic E-state index is 6.50. The summed E-state index contributed by atoms with van der Waals surface area (Å²) < 4.78 is 0. The lowest BCUT2D eigenvalue weighted by Gasteiger charge is -2.46. The molecule has 2 aliphatic rings. The van der Waals surface area contributed by atoms with Gasteiger partial charge in [-0.25, -0.2) is 4.90 Å². The Balaban J connectivity index is 1.72. The highest BCUT2D eigenvalue weighted by Gasteiger charge is 2.59. The van der Waals surface area contributed by atoms with Crippen molar-refractivity contribution in [2.24, 2.45) is 5.16 Å². The summed E-state index contributed by atoms with van der Waals surface area (Å²) in [6.45, 7) is 7.49. The highest BCUT2D eigenvalue weighted by molar-refractivity contribution is 6.02. The molecule has 3 aromatic rings. The van der Waals surface area contributed by atoms with Crippen LogP contribution in [0.3, 0.4) is 0 Å². The smallest absolute Gasteiger partial charge is 0.240 e. The van der Waals surface area contributed by atoms with E-state index >= 15 is 0 Å². The zero-order valence-electron chi connectivity index (χ0n) is 17.7. The second-order valence-corrected chi connectivity index (χ2v) is 8.52. The van der Waals surface area contributed by atoms with Crippen LogP contribution < -0.4 is 0 Å². The molecule has 0 amide bonds. The molecule has 0 fully saturated rings. The fraction of sp³-hybridized carbons (Fsp3) is 0.222. The molecule has 0 aromatic heterocycles. The highest BCUT2D eigenvalue weighted by Crippen LogP contribution is 2.56. The Bertz CT molecular complexity index is 1120. The third-order valence-electron chi connectivity index (χ3n) is 6.48. The monoisotopic (exact) mass is 394 g/mol. The lowest BCUT2D eigenvalue weighted by Crippen LogP contribution is -2.57. The molecule has 0 spiro atoms. The van der Waals surface area contributed by atoms with Crippen LogP contribution in [0, 0.1) is 0 Å². The van der Waals surface area contributed by atoms with Crippen molar-refractivity contribution in [2.45, 2.75) is 32.0 Å². The molecule has 0 radical (unpaired) electrons. The molecule has 3 aromatic carbocycles. The molecule has 150 valence electrons. The van der Waals surface area contributed by atoms with E-state index in [4.69, 9.17) is 4.84 Å². The third kappa shape index (κ3) is 2.66. The Labute approximate surface area is 178 Å². The van der Waals surface area contributed by atoms with Crippen molar-refractivity contribution in [3.63, 3.8) is 0 Å². The lowest BCUT2D eigenvalue weighted by atomic mass is 9.86. The second kappa shape index (κ2) is 6.96. The molecule has 1 atom stereocenters. The highest BCUT2D eigenvalue weighted by atomic mass is 16.7. The van der Waals surface area contributed by atoms with Crippen molar-refractivity contribution in [3.8, 4) is 0 Å². The van der Waals surface area contributed by atoms with Crippen molar-refractivity contribution in [1.82, 2.24) is 4.90 Å². The van der Waals surface area contributed by atoms with E-state index in [-0.39, 0.29) is 5.54 Å². The predicted molar refractivity (Wildman–Crippen MR) is 122 cm³/mol. The molecule has 3 heteroatoms. The Morgan fingerprint density at radius 1 is 0.767 bits per heavy atom. The molecule has 0 N–H and O–H groups in total. The van der Waals surface area contributed by atoms with E-state index in [0.29, 0.717) is 6.54 Å². The summed E-state index contributed by atoms with van der Waals surface area (Å²) in [5.74, 6) is 0. The van der Waals surface area contributed by atoms with Gasteiger partial charge in [-0.3, -0.25) is 0 Å². The summed E-state index contributed by atoms with van der Waals surface area (Å²) in [6, 6.07) is 31.4. The van der Waals surface area contributed by atoms with Crippen LogP contribution in [0.1, 0.15) is 37.5 Å². The molecule has 0 saturated carbocycles. The predicted octanol–water partition coefficient (Wildman–Crippen LogP) is 5.84. The average molecular weight is 395 g/mol. The summed E-state index contributed by atoms with van der Waals surface area (Å²) in [5, 5.41) is 4.68. The number of benzene rings is 3. The van der Waals surface area contributed by atoms with Gasteiger partial charge in [0.1, 0.15) is 5.71 Å². The number of hydrogen-bond donors (Lipinski definition) is 0. The van der Waals surface area contributed by atoms with Gasteiger partial charge < -0.3 is 4.84 Å². The van der Waals surface area contributed by atoms with E-state index in [0.717, 1.165) is 16.8 Å². The molecule has 2 aliphatic heterocycles. The van der Waals surface area contributed by atoms with Gasteiger partial charge in [-0.2, -0.15) is 0 Å². The molecule has 30 heavy (non-hydrogen) atoms. The van der Waals surface area contributed by atoms with Crippen molar-refractivity contribution in [1.29, 1.82) is 0 Å². The molecule has 1 unspecified atom stereocenters. The Morgan fingerprint density at radius 3 is 1.90 bits per heavy atom. The summed E-state index contributed by atoms with van der Waals surface area (Å²) in [5.41, 5.74) is 5.94. The molecule has 0 bridgehead atoms. The zero-order valence-corrected chi connectivity index (χ0v) is 17.7. The van der Waals surface area contributed by atoms with Crippen LogP contribution in [0.25, 0.3) is 5.57 Å². The van der Waals surface area contributed by atoms with Gasteiger partial charge in [0.2, 0.25) is 5.72 Å². The van der Waals surface area contributed by atoms with Gasteiger partial charge >= 0.3 is 0 Å². The van der Waals surface area contributed by atoms with Gasteiger partial charge in [-0.15, -0.1) is 0 Å². The van der Waals surface area contributed by atoms with E-state index in [1.165, 1.54) is 16.7 Å². The van der Waals surface area contributed by atoms with Crippen molar-refractivity contribution < 1.29 is 4.84 Å². The number of nitrogens with zero attached hydrogens (tertiary/aromatic N) is 2. The molecular weight excluding hydrogens is 368 g/mol. The van der Waals surface area contributed by atoms with Crippen LogP contribution in [-0.4, -0.2) is 22.7 Å². The van der Waals surface area contributed by atoms with Crippen LogP contribution in [0.5, 0.6) is 0 Å². The molecule has 5 rings (SSSR count). The zero-order chi connectivity index (χ0) is 20.8. The minimum absolute atomic E-state index is 0.239. The Kier molecular flexibility index (Phi) is 4.37. The van der Waals surface area contributed by atoms with Gasteiger partial charge in [0.15, 0.2) is 0 Å². The van der Waals surface area contributed by atoms with Crippen molar-refractivity contribution >= 4 is 11.3 Å². The van der Waals surface area contributed by atoms with Crippen molar-refractivity contribution in [3.05, 3.63) is 113 Å². The standard InChI is InChI=1S/C27H26N2O/c1-20-25(22-15-9-5-10-16-22)26(2,3)29-19-24(21-13-7-4-8-14-21)28-30-27(20,29)23-17-11-6-12-18-23/h4-18H,19H2,1-3H3. The number of fused-ring (bicyclic) bond motifs is 1. The molecule has 0 saturated heterocycles. The van der Waals surface area contributed by atoms with Gasteiger partial charge in [-0.1, -0.05) is 96.2 Å². The second-order valence-electron chi connectivity index (χ2n) is 8.52. The van der Waals surface area contributed by atoms with E-state index in [9.17, 15) is 0 Å². The summed E-state index contributed by atoms with van der Waals surface area (Å²) in [4.78, 5) is 8.96. The van der Waals surface area contributed by atoms with Crippen LogP contribution >= 0.6 is 0 Å². The minimum Gasteiger partial charge on any atom is -0.363 e. The normalized spacial score (nSPS) is 23.0. The Morgan fingerprint density at radius 2 is 1.30 bits per heavy atom. The number of oxime groups is 1. The number of rotatable bonds is 3. The lowest BCUT2D eigenvalue weighted by molar-refractivity contribution is -0.154. The first-order chi connectivity index (χ1) is 14.5. The summed E-state index contributed by atoms with van der Waals surface area (Å²) in [6.07, 6.45) is 0. The summed E-state index contributed by atoms with van der Waals surface area (Å²) in [7, 11) is 0. The average Bonchev–Trinajstić information content (AvgIpc) is 2.98. The van der Waals surface area contributed by atoms with Gasteiger partial charge in [0, 0.05) is 23.2 Å². The topological polar surface area (TPSA) is 24.8 Å². The molecule has 3 nitrogen and oxygen atoms in total. The number of hydrogen-bond acceptors (Lipinski definition) is 3. The van der Waals surface area contributed by atoms with E-state index in [1.807, 2.05) is 24.3 Å². The van der Waals surface area contributed by atoms with Crippen LogP contribution in [0.15, 0.2) is 102 Å². The molecule has 2 heterocycles. The SMILES string of the molecule is CC1=C(c2ccccc2)C(C)(C)N2CC(c3ccccc3)=NOC12c1ccccc1. The van der Waals surface area contributed by atoms with Crippen LogP contribution in [0.2, 0.25) is 0 Å². The Hall–Kier alpha value is -3.17. The first-order valence-electron chi connectivity index (χ1n) is 10.5. The first kappa shape index (κ1) is 18.8. The quantitative estimate of drug-likeness (QED) is 0.557. The van der Waals surface area contributed by atoms with Crippen LogP contribution in [0.4, 0.5) is 0 Å². The van der Waals surface area contributed by atoms with Gasteiger partial charge in [-0.05, 0) is 37.5 Å². The minimum atomic E-state index is -0.714. The van der Waals surface area contributed by atoms with E-state index in [1.54, 1.807) is 0 Å². The maximum absolute atomic E-state index is 6.50. The third-order valence-corrected chi connectivity index (χ3v) is 6.48.